The number of nitrogens with two attached hydrogens (primary N) is 1. The van der Waals surface area contributed by atoms with Crippen molar-refractivity contribution in [2.24, 2.45) is 0 Å². The van der Waals surface area contributed by atoms with Crippen LogP contribution < -0.4 is 10.5 Å². The Hall–Kier alpha value is -3.83. The molecule has 2 aromatic carbocycles. The molecule has 0 amide bonds. The van der Waals surface area contributed by atoms with Crippen LogP contribution in [0.3, 0.4) is 0 Å². The van der Waals surface area contributed by atoms with Crippen molar-refractivity contribution in [3.8, 4) is 40.1 Å². The van der Waals surface area contributed by atoms with Crippen LogP contribution in [-0.4, -0.2) is 12.1 Å². The summed E-state index contributed by atoms with van der Waals surface area (Å²) in [5, 5.41) is 18.7. The molecule has 3 rings (SSSR count). The molecular formula is C21H16N4O. The summed E-state index contributed by atoms with van der Waals surface area (Å²) in [6, 6.07) is 18.9. The highest BCUT2D eigenvalue weighted by atomic mass is 16.5. The zero-order chi connectivity index (χ0) is 18.7. The number of hydrogen-bond donors (Lipinski definition) is 1. The van der Waals surface area contributed by atoms with E-state index in [2.05, 4.69) is 17.1 Å². The van der Waals surface area contributed by atoms with Crippen molar-refractivity contribution in [2.45, 2.75) is 6.92 Å². The van der Waals surface area contributed by atoms with Crippen molar-refractivity contribution in [1.29, 1.82) is 10.5 Å². The number of nitriles is 2. The lowest BCUT2D eigenvalue weighted by atomic mass is 9.89. The molecule has 0 saturated heterocycles. The van der Waals surface area contributed by atoms with Crippen molar-refractivity contribution in [1.82, 2.24) is 4.98 Å². The number of rotatable bonds is 3. The molecule has 1 aromatic heterocycles. The summed E-state index contributed by atoms with van der Waals surface area (Å²) in [5.74, 6) is 0.865. The average Bonchev–Trinajstić information content (AvgIpc) is 2.67. The number of aryl methyl sites for hydroxylation is 1. The average molecular weight is 340 g/mol. The number of methoxy groups -OCH3 is 1. The standard InChI is InChI=1S/C21H16N4O/c1-13-19(16-5-3-4-6-18(16)26-2)20(17(12-23)21(24)25-13)15-9-7-14(11-22)8-10-15/h3-10H,1-2H3,(H2,24,25). The van der Waals surface area contributed by atoms with Crippen LogP contribution in [0.15, 0.2) is 48.5 Å². The molecule has 0 aliphatic heterocycles. The minimum atomic E-state index is 0.183. The summed E-state index contributed by atoms with van der Waals surface area (Å²) in [7, 11) is 1.60. The maximum Gasteiger partial charge on any atom is 0.142 e. The van der Waals surface area contributed by atoms with E-state index in [9.17, 15) is 5.26 Å². The van der Waals surface area contributed by atoms with Crippen molar-refractivity contribution < 1.29 is 4.74 Å². The van der Waals surface area contributed by atoms with Gasteiger partial charge in [-0.2, -0.15) is 10.5 Å². The zero-order valence-electron chi connectivity index (χ0n) is 14.4. The molecule has 0 aliphatic rings. The second-order valence-electron chi connectivity index (χ2n) is 5.71. The zero-order valence-corrected chi connectivity index (χ0v) is 14.4. The highest BCUT2D eigenvalue weighted by molar-refractivity contribution is 5.92. The largest absolute Gasteiger partial charge is 0.496 e. The molecule has 1 heterocycles. The van der Waals surface area contributed by atoms with Gasteiger partial charge in [0.25, 0.3) is 0 Å². The fourth-order valence-corrected chi connectivity index (χ4v) is 3.02. The molecule has 3 aromatic rings. The number of hydrogen-bond acceptors (Lipinski definition) is 5. The normalized spacial score (nSPS) is 10.0. The molecule has 2 N–H and O–H groups in total. The molecule has 26 heavy (non-hydrogen) atoms. The van der Waals surface area contributed by atoms with Crippen LogP contribution in [0.5, 0.6) is 5.75 Å². The molecule has 5 nitrogen and oxygen atoms in total. The Morgan fingerprint density at radius 2 is 1.65 bits per heavy atom. The maximum absolute atomic E-state index is 9.70. The predicted octanol–water partition coefficient (Wildman–Crippen LogP) is 4.06. The number of anilines is 1. The molecular weight excluding hydrogens is 324 g/mol. The molecule has 126 valence electrons. The second kappa shape index (κ2) is 6.96. The molecule has 0 radical (unpaired) electrons. The molecule has 5 heteroatoms. The van der Waals surface area contributed by atoms with Gasteiger partial charge in [0.05, 0.1) is 18.7 Å². The number of ether oxygens (including phenoxy) is 1. The van der Waals surface area contributed by atoms with E-state index >= 15 is 0 Å². The van der Waals surface area contributed by atoms with E-state index in [1.165, 1.54) is 0 Å². The van der Waals surface area contributed by atoms with Gasteiger partial charge in [-0.1, -0.05) is 30.3 Å². The van der Waals surface area contributed by atoms with Gasteiger partial charge in [0, 0.05) is 22.4 Å². The van der Waals surface area contributed by atoms with Gasteiger partial charge in [0.15, 0.2) is 0 Å². The first-order chi connectivity index (χ1) is 12.6. The highest BCUT2D eigenvalue weighted by Gasteiger charge is 2.21. The first-order valence-corrected chi connectivity index (χ1v) is 7.94. The van der Waals surface area contributed by atoms with Crippen molar-refractivity contribution in [2.75, 3.05) is 12.8 Å². The van der Waals surface area contributed by atoms with Crippen LogP contribution in [0.2, 0.25) is 0 Å². The van der Waals surface area contributed by atoms with Gasteiger partial charge in [0.2, 0.25) is 0 Å². The summed E-state index contributed by atoms with van der Waals surface area (Å²) in [6.45, 7) is 1.85. The lowest BCUT2D eigenvalue weighted by Gasteiger charge is -2.18. The molecule has 0 bridgehead atoms. The molecule has 0 aliphatic carbocycles. The Kier molecular flexibility index (Phi) is 4.55. The van der Waals surface area contributed by atoms with E-state index < -0.39 is 0 Å². The van der Waals surface area contributed by atoms with E-state index in [1.807, 2.05) is 43.3 Å². The minimum absolute atomic E-state index is 0.183. The Labute approximate surface area is 151 Å². The lowest BCUT2D eigenvalue weighted by Crippen LogP contribution is -2.04. The first kappa shape index (κ1) is 17.0. The Balaban J connectivity index is 2.41. The smallest absolute Gasteiger partial charge is 0.142 e. The summed E-state index contributed by atoms with van der Waals surface area (Å²) in [6.07, 6.45) is 0. The van der Waals surface area contributed by atoms with Gasteiger partial charge < -0.3 is 10.5 Å². The van der Waals surface area contributed by atoms with Gasteiger partial charge in [-0.05, 0) is 30.7 Å². The highest BCUT2D eigenvalue weighted by Crippen LogP contribution is 2.42. The topological polar surface area (TPSA) is 95.7 Å². The number of nitrogen functional groups attached to an aromatic ring is 1. The van der Waals surface area contributed by atoms with E-state index in [0.29, 0.717) is 28.1 Å². The summed E-state index contributed by atoms with van der Waals surface area (Å²) >= 11 is 0. The van der Waals surface area contributed by atoms with Crippen LogP contribution in [0.25, 0.3) is 22.3 Å². The molecule has 0 atom stereocenters. The minimum Gasteiger partial charge on any atom is -0.496 e. The van der Waals surface area contributed by atoms with Crippen LogP contribution in [0.1, 0.15) is 16.8 Å². The SMILES string of the molecule is COc1ccccc1-c1c(C)nc(N)c(C#N)c1-c1ccc(C#N)cc1. The predicted molar refractivity (Wildman–Crippen MR) is 100 cm³/mol. The maximum atomic E-state index is 9.70. The summed E-state index contributed by atoms with van der Waals surface area (Å²) in [4.78, 5) is 4.36. The van der Waals surface area contributed by atoms with Gasteiger partial charge in [0.1, 0.15) is 23.2 Å². The Bertz CT molecular complexity index is 1060. The third-order valence-electron chi connectivity index (χ3n) is 4.20. The summed E-state index contributed by atoms with van der Waals surface area (Å²) < 4.78 is 5.50. The van der Waals surface area contributed by atoms with Gasteiger partial charge in [-0.15, -0.1) is 0 Å². The Morgan fingerprint density at radius 3 is 2.27 bits per heavy atom. The quantitative estimate of drug-likeness (QED) is 0.775. The van der Waals surface area contributed by atoms with Crippen molar-refractivity contribution in [3.05, 3.63) is 65.4 Å². The van der Waals surface area contributed by atoms with Crippen LogP contribution in [-0.2, 0) is 0 Å². The van der Waals surface area contributed by atoms with E-state index in [-0.39, 0.29) is 5.82 Å². The van der Waals surface area contributed by atoms with Crippen molar-refractivity contribution >= 4 is 5.82 Å². The van der Waals surface area contributed by atoms with Crippen molar-refractivity contribution in [3.63, 3.8) is 0 Å². The van der Waals surface area contributed by atoms with E-state index in [4.69, 9.17) is 15.7 Å². The summed E-state index contributed by atoms with van der Waals surface area (Å²) in [5.41, 5.74) is 10.7. The molecule has 0 spiro atoms. The van der Waals surface area contributed by atoms with E-state index in [1.54, 1.807) is 19.2 Å². The second-order valence-corrected chi connectivity index (χ2v) is 5.71. The van der Waals surface area contributed by atoms with Gasteiger partial charge in [-0.3, -0.25) is 0 Å². The van der Waals surface area contributed by atoms with Crippen LogP contribution >= 0.6 is 0 Å². The molecule has 0 unspecified atom stereocenters. The number of para-hydroxylation sites is 1. The van der Waals surface area contributed by atoms with Crippen LogP contribution in [0, 0.1) is 29.6 Å². The number of pyridine rings is 1. The fourth-order valence-electron chi connectivity index (χ4n) is 3.02. The lowest BCUT2D eigenvalue weighted by molar-refractivity contribution is 0.416. The monoisotopic (exact) mass is 340 g/mol. The third-order valence-corrected chi connectivity index (χ3v) is 4.20. The van der Waals surface area contributed by atoms with Gasteiger partial charge >= 0.3 is 0 Å². The van der Waals surface area contributed by atoms with E-state index in [0.717, 1.165) is 16.7 Å². The Morgan fingerprint density at radius 1 is 0.962 bits per heavy atom. The number of aromatic nitrogens is 1. The molecule has 0 saturated carbocycles. The third kappa shape index (κ3) is 2.83. The molecule has 0 fully saturated rings. The number of benzene rings is 2. The van der Waals surface area contributed by atoms with Gasteiger partial charge in [-0.25, -0.2) is 4.98 Å². The first-order valence-electron chi connectivity index (χ1n) is 7.94. The van der Waals surface area contributed by atoms with Crippen LogP contribution in [0.4, 0.5) is 5.82 Å². The number of nitrogens with zero attached hydrogens (tertiary/aromatic N) is 3. The fraction of sp³-hybridized carbons (Fsp3) is 0.0952.